The average Bonchev–Trinajstić information content (AvgIpc) is 2.15. The summed E-state index contributed by atoms with van der Waals surface area (Å²) in [5.41, 5.74) is -2.18. The van der Waals surface area contributed by atoms with Crippen molar-refractivity contribution in [3.8, 4) is 0 Å². The number of hydrogen-bond acceptors (Lipinski definition) is 4. The van der Waals surface area contributed by atoms with Crippen LogP contribution in [0.25, 0.3) is 0 Å². The maximum Gasteiger partial charge on any atom is 0.225 e. The molecule has 0 aliphatic heterocycles. The summed E-state index contributed by atoms with van der Waals surface area (Å²) in [7, 11) is 0. The van der Waals surface area contributed by atoms with Crippen molar-refractivity contribution < 1.29 is 14.8 Å². The van der Waals surface area contributed by atoms with Gasteiger partial charge in [0.2, 0.25) is 5.54 Å². The maximum atomic E-state index is 11.6. The molecule has 3 atom stereocenters. The van der Waals surface area contributed by atoms with Crippen LogP contribution < -0.4 is 0 Å². The monoisotopic (exact) mass is 243 g/mol. The molecule has 0 saturated heterocycles. The van der Waals surface area contributed by atoms with E-state index in [9.17, 15) is 20.0 Å². The van der Waals surface area contributed by atoms with Crippen molar-refractivity contribution in [2.45, 2.75) is 58.1 Å². The zero-order valence-corrected chi connectivity index (χ0v) is 10.9. The minimum absolute atomic E-state index is 0.139. The van der Waals surface area contributed by atoms with Crippen molar-refractivity contribution in [1.29, 1.82) is 0 Å². The Bertz CT molecular complexity index is 337. The zero-order chi connectivity index (χ0) is 13.4. The first kappa shape index (κ1) is 14.1. The number of hydrogen-bond donors (Lipinski definition) is 1. The first-order valence-electron chi connectivity index (χ1n) is 6.01. The molecule has 5 heteroatoms. The van der Waals surface area contributed by atoms with Crippen molar-refractivity contribution in [3.63, 3.8) is 0 Å². The van der Waals surface area contributed by atoms with Crippen LogP contribution in [0.5, 0.6) is 0 Å². The highest BCUT2D eigenvalue weighted by molar-refractivity contribution is 5.79. The molecular weight excluding hydrogens is 222 g/mol. The van der Waals surface area contributed by atoms with Crippen molar-refractivity contribution in [3.05, 3.63) is 10.1 Å². The second kappa shape index (κ2) is 4.37. The first-order chi connectivity index (χ1) is 7.63. The minimum atomic E-state index is -1.11. The van der Waals surface area contributed by atoms with E-state index in [0.717, 1.165) is 0 Å². The van der Waals surface area contributed by atoms with E-state index in [-0.39, 0.29) is 23.0 Å². The predicted octanol–water partition coefficient (Wildman–Crippen LogP) is 1.80. The molecule has 0 bridgehead atoms. The van der Waals surface area contributed by atoms with Crippen LogP contribution in [0, 0.1) is 22.0 Å². The molecule has 1 fully saturated rings. The maximum absolute atomic E-state index is 11.6. The van der Waals surface area contributed by atoms with Crippen molar-refractivity contribution >= 4 is 5.78 Å². The molecule has 1 saturated carbocycles. The Balaban J connectivity index is 3.09. The summed E-state index contributed by atoms with van der Waals surface area (Å²) in [5.74, 6) is -0.943. The first-order valence-corrected chi connectivity index (χ1v) is 6.01. The van der Waals surface area contributed by atoms with Crippen LogP contribution in [0.15, 0.2) is 0 Å². The Kier molecular flexibility index (Phi) is 3.62. The molecule has 0 heterocycles. The largest absolute Gasteiger partial charge is 0.389 e. The van der Waals surface area contributed by atoms with E-state index >= 15 is 0 Å². The van der Waals surface area contributed by atoms with Gasteiger partial charge in [0.25, 0.3) is 0 Å². The third-order valence-electron chi connectivity index (χ3n) is 4.30. The van der Waals surface area contributed by atoms with Crippen LogP contribution in [-0.4, -0.2) is 27.0 Å². The van der Waals surface area contributed by atoms with Gasteiger partial charge < -0.3 is 5.11 Å². The third-order valence-corrected chi connectivity index (χ3v) is 4.30. The van der Waals surface area contributed by atoms with Gasteiger partial charge in [0.05, 0.1) is 11.5 Å². The molecule has 1 rings (SSSR count). The summed E-state index contributed by atoms with van der Waals surface area (Å²) >= 11 is 0. The number of ketones is 1. The molecule has 0 amide bonds. The number of Topliss-reactive ketones (excluding diaryl/α,β-unsaturated/α-hetero) is 1. The second-order valence-corrected chi connectivity index (χ2v) is 5.74. The van der Waals surface area contributed by atoms with Crippen molar-refractivity contribution in [1.82, 2.24) is 0 Å². The molecule has 0 unspecified atom stereocenters. The molecule has 1 aliphatic rings. The Morgan fingerprint density at radius 1 is 1.47 bits per heavy atom. The standard InChI is InChI=1S/C12H21NO4/c1-8(2)12(13(16)17)6-5-11(4,15)10(7-12)9(3)14/h8,10,15H,5-7H2,1-4H3/t10-,11+,12-/m1/s1. The number of carbonyl (C=O) groups is 1. The fourth-order valence-corrected chi connectivity index (χ4v) is 2.80. The summed E-state index contributed by atoms with van der Waals surface area (Å²) in [6.07, 6.45) is 0.769. The van der Waals surface area contributed by atoms with E-state index in [0.29, 0.717) is 12.8 Å². The van der Waals surface area contributed by atoms with Crippen LogP contribution in [-0.2, 0) is 4.79 Å². The van der Waals surface area contributed by atoms with Gasteiger partial charge in [-0.3, -0.25) is 14.9 Å². The van der Waals surface area contributed by atoms with Gasteiger partial charge in [0.15, 0.2) is 0 Å². The van der Waals surface area contributed by atoms with E-state index < -0.39 is 17.1 Å². The molecule has 98 valence electrons. The Morgan fingerprint density at radius 2 is 2.00 bits per heavy atom. The van der Waals surface area contributed by atoms with Crippen molar-refractivity contribution in [2.24, 2.45) is 11.8 Å². The quantitative estimate of drug-likeness (QED) is 0.605. The number of aliphatic hydroxyl groups is 1. The number of nitrogens with zero attached hydrogens (tertiary/aromatic N) is 1. The second-order valence-electron chi connectivity index (χ2n) is 5.74. The molecule has 1 aliphatic carbocycles. The van der Waals surface area contributed by atoms with Gasteiger partial charge in [0, 0.05) is 23.7 Å². The fraction of sp³-hybridized carbons (Fsp3) is 0.917. The van der Waals surface area contributed by atoms with E-state index in [2.05, 4.69) is 0 Å². The van der Waals surface area contributed by atoms with E-state index in [1.807, 2.05) is 0 Å². The Labute approximate surface area is 101 Å². The minimum Gasteiger partial charge on any atom is -0.389 e. The lowest BCUT2D eigenvalue weighted by atomic mass is 9.63. The van der Waals surface area contributed by atoms with Crippen LogP contribution in [0.4, 0.5) is 0 Å². The molecule has 0 aromatic rings. The lowest BCUT2D eigenvalue weighted by Crippen LogP contribution is -2.56. The zero-order valence-electron chi connectivity index (χ0n) is 10.9. The summed E-state index contributed by atoms with van der Waals surface area (Å²) in [4.78, 5) is 22.6. The topological polar surface area (TPSA) is 80.4 Å². The predicted molar refractivity (Wildman–Crippen MR) is 63.2 cm³/mol. The van der Waals surface area contributed by atoms with Gasteiger partial charge in [-0.2, -0.15) is 0 Å². The summed E-state index contributed by atoms with van der Waals surface area (Å²) in [6, 6.07) is 0. The van der Waals surface area contributed by atoms with Gasteiger partial charge >= 0.3 is 0 Å². The Hall–Kier alpha value is -0.970. The number of rotatable bonds is 3. The van der Waals surface area contributed by atoms with Gasteiger partial charge in [-0.15, -0.1) is 0 Å². The average molecular weight is 243 g/mol. The highest BCUT2D eigenvalue weighted by Gasteiger charge is 2.56. The molecule has 17 heavy (non-hydrogen) atoms. The normalized spacial score (nSPS) is 38.1. The fourth-order valence-electron chi connectivity index (χ4n) is 2.80. The summed E-state index contributed by atoms with van der Waals surface area (Å²) in [6.45, 7) is 6.61. The highest BCUT2D eigenvalue weighted by atomic mass is 16.6. The van der Waals surface area contributed by atoms with Gasteiger partial charge in [-0.05, 0) is 20.3 Å². The van der Waals surface area contributed by atoms with Crippen LogP contribution in [0.2, 0.25) is 0 Å². The smallest absolute Gasteiger partial charge is 0.225 e. The lowest BCUT2D eigenvalue weighted by molar-refractivity contribution is -0.587. The molecule has 5 nitrogen and oxygen atoms in total. The molecule has 0 aromatic carbocycles. The SMILES string of the molecule is CC(=O)[C@H]1C[C@](C(C)C)([N+](=O)[O-])CC[C@]1(C)O. The molecule has 0 aromatic heterocycles. The molecule has 0 radical (unpaired) electrons. The van der Waals surface area contributed by atoms with E-state index in [1.165, 1.54) is 6.92 Å². The molecular formula is C12H21NO4. The van der Waals surface area contributed by atoms with Gasteiger partial charge in [0.1, 0.15) is 5.78 Å². The number of nitro groups is 1. The van der Waals surface area contributed by atoms with Crippen LogP contribution in [0.1, 0.15) is 47.0 Å². The van der Waals surface area contributed by atoms with E-state index in [4.69, 9.17) is 0 Å². The van der Waals surface area contributed by atoms with E-state index in [1.54, 1.807) is 20.8 Å². The van der Waals surface area contributed by atoms with Crippen molar-refractivity contribution in [2.75, 3.05) is 0 Å². The van der Waals surface area contributed by atoms with Crippen LogP contribution in [0.3, 0.4) is 0 Å². The molecule has 0 spiro atoms. The number of carbonyl (C=O) groups excluding carboxylic acids is 1. The summed E-state index contributed by atoms with van der Waals surface area (Å²) < 4.78 is 0. The Morgan fingerprint density at radius 3 is 2.35 bits per heavy atom. The van der Waals surface area contributed by atoms with Crippen LogP contribution >= 0.6 is 0 Å². The lowest BCUT2D eigenvalue weighted by Gasteiger charge is -2.43. The molecule has 1 N–H and O–H groups in total. The van der Waals surface area contributed by atoms with Gasteiger partial charge in [-0.25, -0.2) is 0 Å². The summed E-state index contributed by atoms with van der Waals surface area (Å²) in [5, 5.41) is 21.5. The highest BCUT2D eigenvalue weighted by Crippen LogP contribution is 2.44. The van der Waals surface area contributed by atoms with Gasteiger partial charge in [-0.1, -0.05) is 13.8 Å². The third kappa shape index (κ3) is 2.34.